The number of allylic oxidation sites excluding steroid dienone is 5. The van der Waals surface area contributed by atoms with Gasteiger partial charge in [0.1, 0.15) is 0 Å². The molecule has 4 aromatic heterocycles. The molecule has 0 fully saturated rings. The number of rotatable bonds is 6. The van der Waals surface area contributed by atoms with Crippen LogP contribution in [0.2, 0.25) is 0 Å². The lowest BCUT2D eigenvalue weighted by Gasteiger charge is -2.15. The molecule has 12 aromatic rings. The summed E-state index contributed by atoms with van der Waals surface area (Å²) < 4.78 is 9.71. The van der Waals surface area contributed by atoms with Crippen molar-refractivity contribution in [1.82, 2.24) is 18.3 Å². The van der Waals surface area contributed by atoms with Gasteiger partial charge in [-0.15, -0.1) is 0 Å². The minimum atomic E-state index is 1.05. The van der Waals surface area contributed by atoms with Crippen molar-refractivity contribution in [3.05, 3.63) is 205 Å². The van der Waals surface area contributed by atoms with Gasteiger partial charge in [0.25, 0.3) is 0 Å². The Bertz CT molecular complexity index is 3970. The van der Waals surface area contributed by atoms with E-state index in [4.69, 9.17) is 0 Å². The van der Waals surface area contributed by atoms with E-state index in [-0.39, 0.29) is 0 Å². The van der Waals surface area contributed by atoms with Crippen molar-refractivity contribution < 1.29 is 0 Å². The van der Waals surface area contributed by atoms with Gasteiger partial charge in [0, 0.05) is 77.2 Å². The smallest absolute Gasteiger partial charge is 0.0612 e. The van der Waals surface area contributed by atoms with Crippen molar-refractivity contribution in [2.75, 3.05) is 0 Å². The molecule has 0 N–H and O–H groups in total. The van der Waals surface area contributed by atoms with Crippen LogP contribution in [0.5, 0.6) is 0 Å². The Morgan fingerprint density at radius 1 is 0.413 bits per heavy atom. The second-order valence-corrected chi connectivity index (χ2v) is 17.0. The highest BCUT2D eigenvalue weighted by molar-refractivity contribution is 6.23. The van der Waals surface area contributed by atoms with E-state index in [0.29, 0.717) is 0 Å². The zero-order valence-corrected chi connectivity index (χ0v) is 36.2. The van der Waals surface area contributed by atoms with Crippen LogP contribution in [0.15, 0.2) is 183 Å². The number of aromatic nitrogens is 4. The van der Waals surface area contributed by atoms with Crippen molar-refractivity contribution in [3.63, 3.8) is 0 Å². The maximum atomic E-state index is 4.19. The Morgan fingerprint density at radius 3 is 1.46 bits per heavy atom. The van der Waals surface area contributed by atoms with Gasteiger partial charge < -0.3 is 18.3 Å². The largest absolute Gasteiger partial charge is 0.313 e. The van der Waals surface area contributed by atoms with Gasteiger partial charge in [-0.05, 0) is 129 Å². The summed E-state index contributed by atoms with van der Waals surface area (Å²) in [6.45, 7) is 15.3. The van der Waals surface area contributed by atoms with Crippen LogP contribution in [0.3, 0.4) is 0 Å². The van der Waals surface area contributed by atoms with Crippen molar-refractivity contribution in [2.24, 2.45) is 0 Å². The highest BCUT2D eigenvalue weighted by Gasteiger charge is 2.22. The summed E-state index contributed by atoms with van der Waals surface area (Å²) in [5.41, 5.74) is 16.9. The average Bonchev–Trinajstić information content (AvgIpc) is 4.00. The van der Waals surface area contributed by atoms with E-state index >= 15 is 0 Å². The molecule has 12 rings (SSSR count). The van der Waals surface area contributed by atoms with Gasteiger partial charge in [0.2, 0.25) is 0 Å². The average molecular weight is 811 g/mol. The number of para-hydroxylation sites is 3. The molecule has 4 heterocycles. The van der Waals surface area contributed by atoms with E-state index in [1.54, 1.807) is 0 Å². The lowest BCUT2D eigenvalue weighted by Crippen LogP contribution is -1.99. The fourth-order valence-electron chi connectivity index (χ4n) is 10.7. The fourth-order valence-corrected chi connectivity index (χ4v) is 10.7. The number of hydrogen-bond acceptors (Lipinski definition) is 0. The van der Waals surface area contributed by atoms with E-state index in [0.717, 1.165) is 16.9 Å². The molecule has 0 atom stereocenters. The molecule has 0 aliphatic heterocycles. The molecule has 0 radical (unpaired) electrons. The highest BCUT2D eigenvalue weighted by Crippen LogP contribution is 2.43. The predicted octanol–water partition coefficient (Wildman–Crippen LogP) is 15.9. The molecule has 4 nitrogen and oxygen atoms in total. The zero-order chi connectivity index (χ0) is 42.7. The lowest BCUT2D eigenvalue weighted by molar-refractivity contribution is 1.04. The summed E-state index contributed by atoms with van der Waals surface area (Å²) >= 11 is 0. The number of aryl methyl sites for hydroxylation is 2. The van der Waals surface area contributed by atoms with Gasteiger partial charge >= 0.3 is 0 Å². The van der Waals surface area contributed by atoms with Crippen LogP contribution >= 0.6 is 0 Å². The highest BCUT2D eigenvalue weighted by atomic mass is 15.0. The molecular weight excluding hydrogens is 765 g/mol. The first-order chi connectivity index (χ1) is 30.9. The third kappa shape index (κ3) is 5.15. The SMILES string of the molecule is C=C/C(=C\C=C/C)n1c2ccccc2c2cc(-n3c(C)c(C)c4ccc5c6ccc7c(C)c(C)n(-c8ccc9c(c8)c8ccccc8n9-c8ccccc8)c7c6ccc5c43)ccc21. The Morgan fingerprint density at radius 2 is 0.873 bits per heavy atom. The third-order valence-corrected chi connectivity index (χ3v) is 13.9. The maximum Gasteiger partial charge on any atom is 0.0612 e. The van der Waals surface area contributed by atoms with E-state index < -0.39 is 0 Å². The Balaban J connectivity index is 1.08. The van der Waals surface area contributed by atoms with E-state index in [9.17, 15) is 0 Å². The zero-order valence-electron chi connectivity index (χ0n) is 36.2. The Kier molecular flexibility index (Phi) is 8.13. The molecule has 4 heteroatoms. The van der Waals surface area contributed by atoms with Gasteiger partial charge in [0.15, 0.2) is 0 Å². The first-order valence-corrected chi connectivity index (χ1v) is 21.9. The number of nitrogens with zero attached hydrogens (tertiary/aromatic N) is 4. The number of benzene rings is 8. The normalized spacial score (nSPS) is 12.6. The van der Waals surface area contributed by atoms with Crippen molar-refractivity contribution >= 4 is 92.7 Å². The molecule has 302 valence electrons. The number of hydrogen-bond donors (Lipinski definition) is 0. The van der Waals surface area contributed by atoms with Gasteiger partial charge in [-0.2, -0.15) is 0 Å². The van der Waals surface area contributed by atoms with Crippen LogP contribution in [-0.2, 0) is 0 Å². The predicted molar refractivity (Wildman–Crippen MR) is 271 cm³/mol. The van der Waals surface area contributed by atoms with E-state index in [2.05, 4.69) is 222 Å². The summed E-state index contributed by atoms with van der Waals surface area (Å²) in [7, 11) is 0. The first-order valence-electron chi connectivity index (χ1n) is 21.9. The minimum absolute atomic E-state index is 1.05. The van der Waals surface area contributed by atoms with Crippen LogP contribution in [-0.4, -0.2) is 18.3 Å². The van der Waals surface area contributed by atoms with Gasteiger partial charge in [-0.25, -0.2) is 0 Å². The maximum absolute atomic E-state index is 4.19. The topological polar surface area (TPSA) is 19.7 Å². The molecule has 8 aromatic carbocycles. The quantitative estimate of drug-likeness (QED) is 0.118. The van der Waals surface area contributed by atoms with Crippen molar-refractivity contribution in [2.45, 2.75) is 34.6 Å². The van der Waals surface area contributed by atoms with E-state index in [1.165, 1.54) is 115 Å². The molecule has 0 aliphatic rings. The standard InChI is InChI=1S/C59H46N4/c1-7-9-17-40(8-2)62-54-22-15-13-20-48(54)52-34-42(24-32-56(52)62)60-38(5)36(3)44-26-28-46-47-29-27-45-37(4)39(6)61(59(45)51(47)31-30-50(46)58(44)60)43-25-33-57-53(35-43)49-21-14-16-23-55(49)63(57)41-18-11-10-12-19-41/h7-35H,2H2,1,3-6H3/b9-7-,40-17+. The third-order valence-electron chi connectivity index (χ3n) is 13.9. The lowest BCUT2D eigenvalue weighted by atomic mass is 9.97. The summed E-state index contributed by atoms with van der Waals surface area (Å²) in [5, 5.41) is 12.5. The van der Waals surface area contributed by atoms with Crippen molar-refractivity contribution in [3.8, 4) is 17.1 Å². The fraction of sp³-hybridized carbons (Fsp3) is 0.0847. The summed E-state index contributed by atoms with van der Waals surface area (Å²) in [6, 6.07) is 56.3. The second kappa shape index (κ2) is 13.9. The van der Waals surface area contributed by atoms with Crippen LogP contribution < -0.4 is 0 Å². The van der Waals surface area contributed by atoms with Crippen molar-refractivity contribution in [1.29, 1.82) is 0 Å². The van der Waals surface area contributed by atoms with Gasteiger partial charge in [0.05, 0.1) is 33.1 Å². The van der Waals surface area contributed by atoms with Crippen LogP contribution in [0.25, 0.3) is 110 Å². The molecular formula is C59H46N4. The summed E-state index contributed by atoms with van der Waals surface area (Å²) in [5.74, 6) is 0. The molecule has 0 saturated heterocycles. The van der Waals surface area contributed by atoms with Crippen LogP contribution in [0.4, 0.5) is 0 Å². The molecule has 0 saturated carbocycles. The summed E-state index contributed by atoms with van der Waals surface area (Å²) in [6.07, 6.45) is 8.21. The second-order valence-electron chi connectivity index (χ2n) is 17.0. The molecule has 0 unspecified atom stereocenters. The molecule has 63 heavy (non-hydrogen) atoms. The van der Waals surface area contributed by atoms with E-state index in [1.807, 2.05) is 13.0 Å². The molecule has 0 bridgehead atoms. The molecule has 0 amide bonds. The molecule has 0 spiro atoms. The first kappa shape index (κ1) is 37.0. The number of fused-ring (bicyclic) bond motifs is 13. The Labute approximate surface area is 366 Å². The molecule has 0 aliphatic carbocycles. The van der Waals surface area contributed by atoms with Crippen LogP contribution in [0, 0.1) is 27.7 Å². The Hall–Kier alpha value is -7.82. The van der Waals surface area contributed by atoms with Gasteiger partial charge in [-0.1, -0.05) is 110 Å². The van der Waals surface area contributed by atoms with Gasteiger partial charge in [-0.3, -0.25) is 0 Å². The minimum Gasteiger partial charge on any atom is -0.313 e. The van der Waals surface area contributed by atoms with Crippen LogP contribution in [0.1, 0.15) is 29.4 Å². The summed E-state index contributed by atoms with van der Waals surface area (Å²) in [4.78, 5) is 0. The monoisotopic (exact) mass is 810 g/mol.